The number of carbonyl (C=O) groups is 2. The molecule has 2 aliphatic rings. The van der Waals surface area contributed by atoms with Crippen LogP contribution in [0.25, 0.3) is 0 Å². The van der Waals surface area contributed by atoms with Gasteiger partial charge in [0.2, 0.25) is 11.8 Å². The van der Waals surface area contributed by atoms with Crippen molar-refractivity contribution in [3.05, 3.63) is 0 Å². The summed E-state index contributed by atoms with van der Waals surface area (Å²) in [6.45, 7) is 7.12. The molecule has 120 valence electrons. The van der Waals surface area contributed by atoms with Crippen LogP contribution in [0.4, 0.5) is 0 Å². The number of carbonyl (C=O) groups excluding carboxylic acids is 2. The Morgan fingerprint density at radius 3 is 2.67 bits per heavy atom. The predicted molar refractivity (Wildman–Crippen MR) is 80.8 cm³/mol. The van der Waals surface area contributed by atoms with E-state index < -0.39 is 5.54 Å². The van der Waals surface area contributed by atoms with Gasteiger partial charge in [0.1, 0.15) is 11.6 Å². The van der Waals surface area contributed by atoms with Crippen LogP contribution in [0, 0.1) is 0 Å². The van der Waals surface area contributed by atoms with Crippen molar-refractivity contribution >= 4 is 11.8 Å². The molecule has 3 unspecified atom stereocenters. The molecule has 0 bridgehead atoms. The Kier molecular flexibility index (Phi) is 5.25. The van der Waals surface area contributed by atoms with Gasteiger partial charge in [-0.15, -0.1) is 0 Å². The van der Waals surface area contributed by atoms with Crippen molar-refractivity contribution in [2.24, 2.45) is 0 Å². The second-order valence-corrected chi connectivity index (χ2v) is 6.43. The van der Waals surface area contributed by atoms with Gasteiger partial charge in [-0.2, -0.15) is 0 Å². The van der Waals surface area contributed by atoms with Gasteiger partial charge in [-0.3, -0.25) is 9.59 Å². The molecular weight excluding hydrogens is 268 g/mol. The number of nitrogens with one attached hydrogen (secondary N) is 1. The zero-order valence-electron chi connectivity index (χ0n) is 13.5. The van der Waals surface area contributed by atoms with Crippen molar-refractivity contribution in [2.75, 3.05) is 13.2 Å². The zero-order valence-corrected chi connectivity index (χ0v) is 13.5. The minimum Gasteiger partial charge on any atom is -0.376 e. The first kappa shape index (κ1) is 16.3. The molecule has 0 saturated carbocycles. The molecule has 5 nitrogen and oxygen atoms in total. The summed E-state index contributed by atoms with van der Waals surface area (Å²) in [7, 11) is 0. The van der Waals surface area contributed by atoms with Gasteiger partial charge in [-0.1, -0.05) is 20.3 Å². The molecular formula is C16H28N2O3. The van der Waals surface area contributed by atoms with E-state index in [0.717, 1.165) is 32.3 Å². The smallest absolute Gasteiger partial charge is 0.248 e. The third-order valence-electron chi connectivity index (χ3n) is 4.75. The molecule has 21 heavy (non-hydrogen) atoms. The average Bonchev–Trinajstić information content (AvgIpc) is 2.49. The molecule has 0 aromatic rings. The summed E-state index contributed by atoms with van der Waals surface area (Å²) in [5, 5.41) is 2.92. The van der Waals surface area contributed by atoms with Crippen molar-refractivity contribution in [1.82, 2.24) is 10.2 Å². The summed E-state index contributed by atoms with van der Waals surface area (Å²) >= 11 is 0. The number of nitrogens with zero attached hydrogens (tertiary/aromatic N) is 1. The fraction of sp³-hybridized carbons (Fsp3) is 0.875. The molecule has 0 aliphatic carbocycles. The van der Waals surface area contributed by atoms with Gasteiger partial charge in [0.05, 0.1) is 6.10 Å². The summed E-state index contributed by atoms with van der Waals surface area (Å²) in [6.07, 6.45) is 5.50. The molecule has 2 aliphatic heterocycles. The maximum atomic E-state index is 12.8. The lowest BCUT2D eigenvalue weighted by Crippen LogP contribution is -2.69. The van der Waals surface area contributed by atoms with E-state index >= 15 is 0 Å². The van der Waals surface area contributed by atoms with Crippen LogP contribution in [0.2, 0.25) is 0 Å². The Labute approximate surface area is 127 Å². The van der Waals surface area contributed by atoms with Gasteiger partial charge in [-0.05, 0) is 39.0 Å². The van der Waals surface area contributed by atoms with Gasteiger partial charge in [-0.25, -0.2) is 0 Å². The Morgan fingerprint density at radius 1 is 1.33 bits per heavy atom. The van der Waals surface area contributed by atoms with Crippen LogP contribution >= 0.6 is 0 Å². The largest absolute Gasteiger partial charge is 0.376 e. The van der Waals surface area contributed by atoms with E-state index in [2.05, 4.69) is 5.32 Å². The van der Waals surface area contributed by atoms with Crippen LogP contribution in [0.1, 0.15) is 59.3 Å². The first-order valence-electron chi connectivity index (χ1n) is 8.26. The monoisotopic (exact) mass is 296 g/mol. The lowest BCUT2D eigenvalue weighted by Gasteiger charge is -2.45. The third kappa shape index (κ3) is 3.39. The molecule has 0 spiro atoms. The van der Waals surface area contributed by atoms with Crippen LogP contribution in [-0.2, 0) is 14.3 Å². The summed E-state index contributed by atoms with van der Waals surface area (Å²) in [4.78, 5) is 27.0. The van der Waals surface area contributed by atoms with Gasteiger partial charge in [0.15, 0.2) is 0 Å². The summed E-state index contributed by atoms with van der Waals surface area (Å²) in [5.41, 5.74) is -0.768. The number of hydrogen-bond donors (Lipinski definition) is 1. The highest BCUT2D eigenvalue weighted by Crippen LogP contribution is 2.25. The van der Waals surface area contributed by atoms with E-state index in [4.69, 9.17) is 4.74 Å². The number of amides is 2. The molecule has 5 heteroatoms. The fourth-order valence-electron chi connectivity index (χ4n) is 3.19. The standard InChI is InChI=1S/C16H28N2O3/c1-4-8-13-14(19)17-16(3,5-2)15(20)18(13)11-12-9-6-7-10-21-12/h12-13H,4-11H2,1-3H3,(H,17,19). The summed E-state index contributed by atoms with van der Waals surface area (Å²) in [5.74, 6) is 0.0221. The van der Waals surface area contributed by atoms with Gasteiger partial charge < -0.3 is 15.0 Å². The highest BCUT2D eigenvalue weighted by molar-refractivity contribution is 5.99. The Balaban J connectivity index is 2.16. The molecule has 2 heterocycles. The molecule has 0 aromatic heterocycles. The van der Waals surface area contributed by atoms with E-state index in [0.29, 0.717) is 19.4 Å². The molecule has 3 atom stereocenters. The molecule has 2 amide bonds. The van der Waals surface area contributed by atoms with E-state index in [-0.39, 0.29) is 24.0 Å². The first-order valence-corrected chi connectivity index (χ1v) is 8.26. The first-order chi connectivity index (χ1) is 10.0. The molecule has 2 rings (SSSR count). The number of rotatable bonds is 5. The molecule has 2 saturated heterocycles. The topological polar surface area (TPSA) is 58.6 Å². The normalized spacial score (nSPS) is 34.0. The number of ether oxygens (including phenoxy) is 1. The van der Waals surface area contributed by atoms with Crippen molar-refractivity contribution in [2.45, 2.75) is 77.0 Å². The lowest BCUT2D eigenvalue weighted by atomic mass is 9.90. The predicted octanol–water partition coefficient (Wildman–Crippen LogP) is 1.85. The van der Waals surface area contributed by atoms with Crippen LogP contribution in [0.3, 0.4) is 0 Å². The molecule has 0 aromatic carbocycles. The van der Waals surface area contributed by atoms with Crippen LogP contribution in [-0.4, -0.2) is 47.6 Å². The SMILES string of the molecule is CCCC1C(=O)NC(C)(CC)C(=O)N1CC1CCCCO1. The fourth-order valence-corrected chi connectivity index (χ4v) is 3.19. The Hall–Kier alpha value is -1.10. The molecule has 0 radical (unpaired) electrons. The van der Waals surface area contributed by atoms with Crippen molar-refractivity contribution in [3.63, 3.8) is 0 Å². The van der Waals surface area contributed by atoms with E-state index in [1.54, 1.807) is 4.90 Å². The van der Waals surface area contributed by atoms with Crippen LogP contribution < -0.4 is 5.32 Å². The second-order valence-electron chi connectivity index (χ2n) is 6.43. The van der Waals surface area contributed by atoms with E-state index in [1.165, 1.54) is 0 Å². The lowest BCUT2D eigenvalue weighted by molar-refractivity contribution is -0.157. The summed E-state index contributed by atoms with van der Waals surface area (Å²) in [6, 6.07) is -0.340. The van der Waals surface area contributed by atoms with Gasteiger partial charge >= 0.3 is 0 Å². The van der Waals surface area contributed by atoms with Gasteiger partial charge in [0, 0.05) is 13.2 Å². The van der Waals surface area contributed by atoms with E-state index in [1.807, 2.05) is 20.8 Å². The average molecular weight is 296 g/mol. The van der Waals surface area contributed by atoms with Crippen LogP contribution in [0.15, 0.2) is 0 Å². The van der Waals surface area contributed by atoms with Crippen LogP contribution in [0.5, 0.6) is 0 Å². The second kappa shape index (κ2) is 6.77. The van der Waals surface area contributed by atoms with E-state index in [9.17, 15) is 9.59 Å². The molecule has 1 N–H and O–H groups in total. The quantitative estimate of drug-likeness (QED) is 0.842. The number of piperazine rings is 1. The minimum atomic E-state index is -0.768. The highest BCUT2D eigenvalue weighted by atomic mass is 16.5. The molecule has 2 fully saturated rings. The Morgan fingerprint density at radius 2 is 2.10 bits per heavy atom. The van der Waals surface area contributed by atoms with Crippen molar-refractivity contribution in [3.8, 4) is 0 Å². The maximum Gasteiger partial charge on any atom is 0.248 e. The van der Waals surface area contributed by atoms with Gasteiger partial charge in [0.25, 0.3) is 0 Å². The maximum absolute atomic E-state index is 12.8. The minimum absolute atomic E-state index is 0.0170. The van der Waals surface area contributed by atoms with Crippen molar-refractivity contribution < 1.29 is 14.3 Å². The number of hydrogen-bond acceptors (Lipinski definition) is 3. The third-order valence-corrected chi connectivity index (χ3v) is 4.75. The Bertz CT molecular complexity index is 393. The zero-order chi connectivity index (χ0) is 15.5. The summed E-state index contributed by atoms with van der Waals surface area (Å²) < 4.78 is 5.77. The van der Waals surface area contributed by atoms with Crippen molar-refractivity contribution in [1.29, 1.82) is 0 Å². The highest BCUT2D eigenvalue weighted by Gasteiger charge is 2.47.